The van der Waals surface area contributed by atoms with E-state index < -0.39 is 0 Å². The normalized spacial score (nSPS) is 26.2. The van der Waals surface area contributed by atoms with E-state index in [0.29, 0.717) is 11.8 Å². The molecule has 2 aliphatic rings. The van der Waals surface area contributed by atoms with E-state index in [2.05, 4.69) is 4.98 Å². The van der Waals surface area contributed by atoms with Gasteiger partial charge in [0, 0.05) is 30.2 Å². The summed E-state index contributed by atoms with van der Waals surface area (Å²) in [5.74, 6) is 1.20. The second kappa shape index (κ2) is 6.10. The quantitative estimate of drug-likeness (QED) is 0.874. The summed E-state index contributed by atoms with van der Waals surface area (Å²) in [7, 11) is 0. The number of para-hydroxylation sites is 1. The van der Waals surface area contributed by atoms with Crippen molar-refractivity contribution in [3.05, 3.63) is 41.6 Å². The van der Waals surface area contributed by atoms with E-state index in [0.717, 1.165) is 48.1 Å². The molecule has 1 saturated carbocycles. The molecule has 4 nitrogen and oxygen atoms in total. The Morgan fingerprint density at radius 1 is 1.26 bits per heavy atom. The van der Waals surface area contributed by atoms with Gasteiger partial charge in [-0.2, -0.15) is 0 Å². The summed E-state index contributed by atoms with van der Waals surface area (Å²) in [5.41, 5.74) is 8.74. The average molecular weight is 332 g/mol. The number of nitrogens with zero attached hydrogens (tertiary/aromatic N) is 2. The topological polar surface area (TPSA) is 59.2 Å². The highest BCUT2D eigenvalue weighted by Crippen LogP contribution is 2.38. The molecule has 1 amide bonds. The van der Waals surface area contributed by atoms with Gasteiger partial charge in [-0.05, 0) is 43.7 Å². The van der Waals surface area contributed by atoms with Crippen LogP contribution in [0.25, 0.3) is 10.9 Å². The number of nitrogens with two attached hydrogens (primary N) is 1. The molecule has 5 heteroatoms. The Morgan fingerprint density at radius 2 is 2.04 bits per heavy atom. The van der Waals surface area contributed by atoms with Crippen molar-refractivity contribution in [3.8, 4) is 0 Å². The van der Waals surface area contributed by atoms with Gasteiger partial charge in [-0.1, -0.05) is 18.2 Å². The lowest BCUT2D eigenvalue weighted by Gasteiger charge is -2.20. The molecule has 2 fully saturated rings. The van der Waals surface area contributed by atoms with Crippen LogP contribution in [0.2, 0.25) is 0 Å². The van der Waals surface area contributed by atoms with Crippen molar-refractivity contribution in [3.63, 3.8) is 0 Å². The number of benzene rings is 1. The summed E-state index contributed by atoms with van der Waals surface area (Å²) in [6.45, 7) is 3.60. The molecule has 0 radical (unpaired) electrons. The lowest BCUT2D eigenvalue weighted by atomic mass is 9.98. The van der Waals surface area contributed by atoms with Crippen LogP contribution >= 0.6 is 12.4 Å². The van der Waals surface area contributed by atoms with Crippen molar-refractivity contribution in [1.82, 2.24) is 9.88 Å². The van der Waals surface area contributed by atoms with Crippen LogP contribution in [0.4, 0.5) is 0 Å². The van der Waals surface area contributed by atoms with Gasteiger partial charge in [0.15, 0.2) is 0 Å². The van der Waals surface area contributed by atoms with E-state index in [1.54, 1.807) is 0 Å². The lowest BCUT2D eigenvalue weighted by Crippen LogP contribution is -2.33. The molecule has 1 aromatic heterocycles. The zero-order chi connectivity index (χ0) is 15.3. The molecule has 4 rings (SSSR count). The Morgan fingerprint density at radius 3 is 2.83 bits per heavy atom. The Balaban J connectivity index is 0.00000156. The highest BCUT2D eigenvalue weighted by Gasteiger charge is 2.42. The van der Waals surface area contributed by atoms with Crippen molar-refractivity contribution in [1.29, 1.82) is 0 Å². The SMILES string of the molecule is Cc1cc(C(=O)N2CC3CCC(N)C3C2)c2ccccc2n1.Cl. The minimum atomic E-state index is 0. The minimum absolute atomic E-state index is 0. The van der Waals surface area contributed by atoms with Crippen molar-refractivity contribution in [2.24, 2.45) is 17.6 Å². The molecule has 0 spiro atoms. The maximum Gasteiger partial charge on any atom is 0.254 e. The lowest BCUT2D eigenvalue weighted by molar-refractivity contribution is 0.0781. The van der Waals surface area contributed by atoms with Gasteiger partial charge < -0.3 is 10.6 Å². The molecule has 2 N–H and O–H groups in total. The number of hydrogen-bond acceptors (Lipinski definition) is 3. The second-order valence-corrected chi connectivity index (χ2v) is 6.70. The first-order chi connectivity index (χ1) is 10.6. The van der Waals surface area contributed by atoms with Crippen LogP contribution < -0.4 is 5.73 Å². The Kier molecular flexibility index (Phi) is 4.30. The van der Waals surface area contributed by atoms with Crippen molar-refractivity contribution >= 4 is 29.2 Å². The molecule has 0 bridgehead atoms. The zero-order valence-electron chi connectivity index (χ0n) is 13.2. The molecule has 1 aromatic carbocycles. The Hall–Kier alpha value is -1.65. The molecule has 2 heterocycles. The number of amides is 1. The highest BCUT2D eigenvalue weighted by atomic mass is 35.5. The van der Waals surface area contributed by atoms with E-state index >= 15 is 0 Å². The van der Waals surface area contributed by atoms with Crippen LogP contribution in [0.5, 0.6) is 0 Å². The first-order valence-corrected chi connectivity index (χ1v) is 8.05. The second-order valence-electron chi connectivity index (χ2n) is 6.70. The molecule has 1 aliphatic carbocycles. The maximum absolute atomic E-state index is 13.0. The Labute approximate surface area is 142 Å². The summed E-state index contributed by atoms with van der Waals surface area (Å²) in [6.07, 6.45) is 2.26. The van der Waals surface area contributed by atoms with Crippen molar-refractivity contribution in [2.75, 3.05) is 13.1 Å². The molecular formula is C18H22ClN3O. The number of pyridine rings is 1. The van der Waals surface area contributed by atoms with Gasteiger partial charge in [0.25, 0.3) is 5.91 Å². The van der Waals surface area contributed by atoms with Gasteiger partial charge in [0.05, 0.1) is 11.1 Å². The third-order valence-electron chi connectivity index (χ3n) is 5.27. The van der Waals surface area contributed by atoms with Crippen LogP contribution in [0.1, 0.15) is 28.9 Å². The van der Waals surface area contributed by atoms with Gasteiger partial charge in [-0.15, -0.1) is 12.4 Å². The first kappa shape index (κ1) is 16.2. The van der Waals surface area contributed by atoms with E-state index in [9.17, 15) is 4.79 Å². The van der Waals surface area contributed by atoms with Crippen LogP contribution in [-0.2, 0) is 0 Å². The summed E-state index contributed by atoms with van der Waals surface area (Å²) >= 11 is 0. The molecule has 3 atom stereocenters. The van der Waals surface area contributed by atoms with Crippen LogP contribution in [0, 0.1) is 18.8 Å². The largest absolute Gasteiger partial charge is 0.338 e. The van der Waals surface area contributed by atoms with Gasteiger partial charge in [-0.3, -0.25) is 9.78 Å². The third-order valence-corrected chi connectivity index (χ3v) is 5.27. The van der Waals surface area contributed by atoms with E-state index in [4.69, 9.17) is 5.73 Å². The molecular weight excluding hydrogens is 310 g/mol. The number of aromatic nitrogens is 1. The maximum atomic E-state index is 13.0. The fraction of sp³-hybridized carbons (Fsp3) is 0.444. The number of hydrogen-bond donors (Lipinski definition) is 1. The van der Waals surface area contributed by atoms with Crippen LogP contribution in [-0.4, -0.2) is 34.9 Å². The first-order valence-electron chi connectivity index (χ1n) is 8.05. The monoisotopic (exact) mass is 331 g/mol. The molecule has 2 aromatic rings. The van der Waals surface area contributed by atoms with E-state index in [1.165, 1.54) is 0 Å². The standard InChI is InChI=1S/C18H21N3O.ClH/c1-11-8-14(13-4-2-3-5-17(13)20-11)18(22)21-9-12-6-7-16(19)15(12)10-21;/h2-5,8,12,15-16H,6-7,9-10,19H2,1H3;1H. The Bertz CT molecular complexity index is 748. The molecule has 122 valence electrons. The van der Waals surface area contributed by atoms with Gasteiger partial charge >= 0.3 is 0 Å². The zero-order valence-corrected chi connectivity index (χ0v) is 14.1. The number of carbonyl (C=O) groups excluding carboxylic acids is 1. The van der Waals surface area contributed by atoms with E-state index in [1.807, 2.05) is 42.2 Å². The minimum Gasteiger partial charge on any atom is -0.338 e. The van der Waals surface area contributed by atoms with Gasteiger partial charge in [0.2, 0.25) is 0 Å². The third kappa shape index (κ3) is 2.70. The summed E-state index contributed by atoms with van der Waals surface area (Å²) < 4.78 is 0. The highest BCUT2D eigenvalue weighted by molar-refractivity contribution is 6.06. The number of likely N-dealkylation sites (tertiary alicyclic amines) is 1. The number of carbonyl (C=O) groups is 1. The number of fused-ring (bicyclic) bond motifs is 2. The smallest absolute Gasteiger partial charge is 0.254 e. The predicted molar refractivity (Wildman–Crippen MR) is 93.8 cm³/mol. The predicted octanol–water partition coefficient (Wildman–Crippen LogP) is 2.77. The number of halogens is 1. The van der Waals surface area contributed by atoms with Crippen molar-refractivity contribution < 1.29 is 4.79 Å². The summed E-state index contributed by atoms with van der Waals surface area (Å²) in [6, 6.07) is 10.1. The number of rotatable bonds is 1. The molecule has 3 unspecified atom stereocenters. The number of aryl methyl sites for hydroxylation is 1. The molecule has 1 aliphatic heterocycles. The summed E-state index contributed by atoms with van der Waals surface area (Å²) in [5, 5.41) is 0.944. The van der Waals surface area contributed by atoms with E-state index in [-0.39, 0.29) is 24.4 Å². The van der Waals surface area contributed by atoms with Crippen LogP contribution in [0.15, 0.2) is 30.3 Å². The van der Waals surface area contributed by atoms with Gasteiger partial charge in [-0.25, -0.2) is 0 Å². The van der Waals surface area contributed by atoms with Crippen LogP contribution in [0.3, 0.4) is 0 Å². The molecule has 1 saturated heterocycles. The molecule has 23 heavy (non-hydrogen) atoms. The van der Waals surface area contributed by atoms with Crippen molar-refractivity contribution in [2.45, 2.75) is 25.8 Å². The fourth-order valence-corrected chi connectivity index (χ4v) is 4.13. The summed E-state index contributed by atoms with van der Waals surface area (Å²) in [4.78, 5) is 19.5. The average Bonchev–Trinajstić information content (AvgIpc) is 3.08. The fourth-order valence-electron chi connectivity index (χ4n) is 4.13. The van der Waals surface area contributed by atoms with Gasteiger partial charge in [0.1, 0.15) is 0 Å².